The molecule has 80 valence electrons. The van der Waals surface area contributed by atoms with Crippen LogP contribution in [0.5, 0.6) is 0 Å². The Morgan fingerprint density at radius 2 is 2.40 bits per heavy atom. The van der Waals surface area contributed by atoms with Crippen molar-refractivity contribution in [2.24, 2.45) is 0 Å². The zero-order valence-electron chi connectivity index (χ0n) is 9.07. The molecule has 0 atom stereocenters. The molecule has 1 heterocycles. The van der Waals surface area contributed by atoms with Crippen LogP contribution >= 0.6 is 0 Å². The van der Waals surface area contributed by atoms with Gasteiger partial charge in [-0.3, -0.25) is 9.48 Å². The molecule has 0 saturated carbocycles. The van der Waals surface area contributed by atoms with Crippen molar-refractivity contribution in [2.75, 3.05) is 0 Å². The molecule has 0 unspecified atom stereocenters. The number of hydrogen-bond acceptors (Lipinski definition) is 2. The summed E-state index contributed by atoms with van der Waals surface area (Å²) in [6.45, 7) is 2.75. The number of nitrogens with zero attached hydrogens (tertiary/aromatic N) is 2. The second-order valence-corrected chi connectivity index (χ2v) is 3.84. The number of rotatable bonds is 3. The van der Waals surface area contributed by atoms with Crippen LogP contribution in [0.15, 0.2) is 23.9 Å². The molecule has 0 bridgehead atoms. The lowest BCUT2D eigenvalue weighted by Gasteiger charge is -2.11. The van der Waals surface area contributed by atoms with Gasteiger partial charge < -0.3 is 0 Å². The molecule has 0 aromatic carbocycles. The Morgan fingerprint density at radius 1 is 1.53 bits per heavy atom. The van der Waals surface area contributed by atoms with Gasteiger partial charge in [-0.05, 0) is 44.2 Å². The molecule has 1 aliphatic rings. The average Bonchev–Trinajstić information content (AvgIpc) is 2.77. The Hall–Kier alpha value is -1.38. The van der Waals surface area contributed by atoms with Crippen molar-refractivity contribution in [3.05, 3.63) is 29.6 Å². The van der Waals surface area contributed by atoms with Crippen molar-refractivity contribution >= 4 is 5.78 Å². The van der Waals surface area contributed by atoms with Gasteiger partial charge in [0.15, 0.2) is 0 Å². The summed E-state index contributed by atoms with van der Waals surface area (Å²) in [6.07, 6.45) is 8.09. The van der Waals surface area contributed by atoms with Crippen LogP contribution in [0.1, 0.15) is 43.1 Å². The fourth-order valence-corrected chi connectivity index (χ4v) is 1.99. The third-order valence-corrected chi connectivity index (χ3v) is 2.83. The van der Waals surface area contributed by atoms with Gasteiger partial charge in [0.1, 0.15) is 5.69 Å². The maximum absolute atomic E-state index is 12.1. The highest BCUT2D eigenvalue weighted by Crippen LogP contribution is 2.21. The number of ketones is 1. The molecule has 1 aromatic heterocycles. The number of allylic oxidation sites excluding steroid dienone is 2. The number of hydrogen-bond donors (Lipinski definition) is 0. The predicted molar refractivity (Wildman–Crippen MR) is 58.8 cm³/mol. The summed E-state index contributed by atoms with van der Waals surface area (Å²) < 4.78 is 1.76. The topological polar surface area (TPSA) is 34.9 Å². The minimum absolute atomic E-state index is 0.161. The van der Waals surface area contributed by atoms with Crippen LogP contribution in [0.25, 0.3) is 0 Å². The Bertz CT molecular complexity index is 390. The first kappa shape index (κ1) is 10.1. The van der Waals surface area contributed by atoms with Crippen molar-refractivity contribution in [2.45, 2.75) is 39.2 Å². The zero-order valence-corrected chi connectivity index (χ0v) is 9.07. The monoisotopic (exact) mass is 204 g/mol. The molecule has 0 fully saturated rings. The second-order valence-electron chi connectivity index (χ2n) is 3.84. The van der Waals surface area contributed by atoms with E-state index < -0.39 is 0 Å². The maximum Gasteiger partial charge on any atom is 0.206 e. The molecule has 0 aliphatic heterocycles. The van der Waals surface area contributed by atoms with Crippen LogP contribution in [-0.4, -0.2) is 15.6 Å². The molecule has 3 heteroatoms. The lowest BCUT2D eigenvalue weighted by Crippen LogP contribution is -2.12. The number of carbonyl (C=O) groups excluding carboxylic acids is 1. The summed E-state index contributed by atoms with van der Waals surface area (Å²) in [5.74, 6) is 0.161. The minimum atomic E-state index is 0.161. The molecular formula is C12H16N2O. The van der Waals surface area contributed by atoms with Gasteiger partial charge in [0, 0.05) is 12.7 Å². The van der Waals surface area contributed by atoms with Crippen molar-refractivity contribution in [3.63, 3.8) is 0 Å². The number of Topliss-reactive ketones (excluding diaryl/α,β-unsaturated/α-hetero) is 1. The van der Waals surface area contributed by atoms with Crippen LogP contribution in [-0.2, 0) is 6.54 Å². The third kappa shape index (κ3) is 2.01. The highest BCUT2D eigenvalue weighted by Gasteiger charge is 2.17. The third-order valence-electron chi connectivity index (χ3n) is 2.83. The normalized spacial score (nSPS) is 16.2. The van der Waals surface area contributed by atoms with Gasteiger partial charge in [-0.2, -0.15) is 5.10 Å². The lowest BCUT2D eigenvalue weighted by molar-refractivity contribution is 0.101. The summed E-state index contributed by atoms with van der Waals surface area (Å²) in [7, 11) is 0. The average molecular weight is 204 g/mol. The molecule has 1 aliphatic carbocycles. The Labute approximate surface area is 89.8 Å². The van der Waals surface area contributed by atoms with E-state index in [1.165, 1.54) is 6.42 Å². The fraction of sp³-hybridized carbons (Fsp3) is 0.500. The van der Waals surface area contributed by atoms with E-state index in [0.717, 1.165) is 37.1 Å². The van der Waals surface area contributed by atoms with E-state index >= 15 is 0 Å². The molecule has 1 aromatic rings. The highest BCUT2D eigenvalue weighted by molar-refractivity contribution is 6.07. The summed E-state index contributed by atoms with van der Waals surface area (Å²) in [5, 5.41) is 4.12. The predicted octanol–water partition coefficient (Wildman–Crippen LogP) is 2.59. The van der Waals surface area contributed by atoms with Crippen molar-refractivity contribution in [1.82, 2.24) is 9.78 Å². The number of carbonyl (C=O) groups is 1. The SMILES string of the molecule is CCn1nccc1C(=O)C1=CCCCC1. The van der Waals surface area contributed by atoms with E-state index in [-0.39, 0.29) is 5.78 Å². The van der Waals surface area contributed by atoms with Gasteiger partial charge in [0.25, 0.3) is 0 Å². The highest BCUT2D eigenvalue weighted by atomic mass is 16.1. The van der Waals surface area contributed by atoms with E-state index in [4.69, 9.17) is 0 Å². The summed E-state index contributed by atoms with van der Waals surface area (Å²) in [4.78, 5) is 12.1. The zero-order chi connectivity index (χ0) is 10.7. The lowest BCUT2D eigenvalue weighted by atomic mass is 9.95. The van der Waals surface area contributed by atoms with Crippen LogP contribution in [0.2, 0.25) is 0 Å². The van der Waals surface area contributed by atoms with Gasteiger partial charge in [0.05, 0.1) is 0 Å². The Balaban J connectivity index is 2.23. The smallest absolute Gasteiger partial charge is 0.206 e. The second kappa shape index (κ2) is 4.43. The van der Waals surface area contributed by atoms with Gasteiger partial charge in [0.2, 0.25) is 5.78 Å². The first-order valence-electron chi connectivity index (χ1n) is 5.58. The number of aromatic nitrogens is 2. The van der Waals surface area contributed by atoms with Crippen LogP contribution < -0.4 is 0 Å². The van der Waals surface area contributed by atoms with E-state index in [0.29, 0.717) is 0 Å². The van der Waals surface area contributed by atoms with E-state index in [1.807, 2.05) is 6.92 Å². The molecule has 0 spiro atoms. The fourth-order valence-electron chi connectivity index (χ4n) is 1.99. The minimum Gasteiger partial charge on any atom is -0.287 e. The van der Waals surface area contributed by atoms with Gasteiger partial charge >= 0.3 is 0 Å². The number of aryl methyl sites for hydroxylation is 1. The summed E-state index contributed by atoms with van der Waals surface area (Å²) >= 11 is 0. The Morgan fingerprint density at radius 3 is 3.07 bits per heavy atom. The first-order chi connectivity index (χ1) is 7.33. The quantitative estimate of drug-likeness (QED) is 0.709. The van der Waals surface area contributed by atoms with Gasteiger partial charge in [-0.15, -0.1) is 0 Å². The molecule has 3 nitrogen and oxygen atoms in total. The maximum atomic E-state index is 12.1. The van der Waals surface area contributed by atoms with Crippen molar-refractivity contribution in [3.8, 4) is 0 Å². The molecule has 0 amide bonds. The molecule has 0 radical (unpaired) electrons. The van der Waals surface area contributed by atoms with Crippen LogP contribution in [0.3, 0.4) is 0 Å². The Kier molecular flexibility index (Phi) is 2.99. The standard InChI is InChI=1S/C12H16N2O/c1-2-14-11(8-9-13-14)12(15)10-6-4-3-5-7-10/h6,8-9H,2-5,7H2,1H3. The summed E-state index contributed by atoms with van der Waals surface area (Å²) in [5.41, 5.74) is 1.70. The van der Waals surface area contributed by atoms with Gasteiger partial charge in [-0.1, -0.05) is 6.08 Å². The molecule has 15 heavy (non-hydrogen) atoms. The largest absolute Gasteiger partial charge is 0.287 e. The van der Waals surface area contributed by atoms with Crippen molar-refractivity contribution in [1.29, 1.82) is 0 Å². The summed E-state index contributed by atoms with van der Waals surface area (Å²) in [6, 6.07) is 1.81. The van der Waals surface area contributed by atoms with Gasteiger partial charge in [-0.25, -0.2) is 0 Å². The van der Waals surface area contributed by atoms with E-state index in [9.17, 15) is 4.79 Å². The molecule has 0 saturated heterocycles. The van der Waals surface area contributed by atoms with Crippen LogP contribution in [0.4, 0.5) is 0 Å². The first-order valence-corrected chi connectivity index (χ1v) is 5.58. The van der Waals surface area contributed by atoms with E-state index in [2.05, 4.69) is 11.2 Å². The van der Waals surface area contributed by atoms with Crippen molar-refractivity contribution < 1.29 is 4.79 Å². The van der Waals surface area contributed by atoms with Crippen LogP contribution in [0, 0.1) is 0 Å². The molecular weight excluding hydrogens is 188 g/mol. The van der Waals surface area contributed by atoms with E-state index in [1.54, 1.807) is 16.9 Å². The molecule has 2 rings (SSSR count). The molecule has 0 N–H and O–H groups in total.